The topological polar surface area (TPSA) is 62.3 Å². The van der Waals surface area contributed by atoms with Crippen molar-refractivity contribution in [1.29, 1.82) is 0 Å². The third kappa shape index (κ3) is 8.19. The number of methoxy groups -OCH3 is 2. The van der Waals surface area contributed by atoms with E-state index in [0.29, 0.717) is 43.9 Å². The Morgan fingerprint density at radius 2 is 1.10 bits per heavy atom. The third-order valence-corrected chi connectivity index (χ3v) is 9.26. The molecule has 0 radical (unpaired) electrons. The van der Waals surface area contributed by atoms with Gasteiger partial charge >= 0.3 is 0 Å². The second-order valence-corrected chi connectivity index (χ2v) is 12.3. The molecule has 2 amide bonds. The average molecular weight is 654 g/mol. The zero-order valence-electron chi connectivity index (χ0n) is 28.2. The number of ether oxygens (including phenoxy) is 2. The number of rotatable bonds is 12. The summed E-state index contributed by atoms with van der Waals surface area (Å²) < 4.78 is 10.7. The Balaban J connectivity index is 1.30. The molecule has 1 unspecified atom stereocenters. The van der Waals surface area contributed by atoms with Gasteiger partial charge in [-0.3, -0.25) is 14.5 Å². The van der Waals surface area contributed by atoms with E-state index in [0.717, 1.165) is 16.9 Å². The zero-order chi connectivity index (χ0) is 34.0. The highest BCUT2D eigenvalue weighted by Gasteiger charge is 2.36. The Morgan fingerprint density at radius 3 is 1.61 bits per heavy atom. The van der Waals surface area contributed by atoms with E-state index in [1.807, 2.05) is 71.6 Å². The van der Waals surface area contributed by atoms with Crippen molar-refractivity contribution < 1.29 is 19.1 Å². The summed E-state index contributed by atoms with van der Waals surface area (Å²) in [7, 11) is 3.23. The van der Waals surface area contributed by atoms with Gasteiger partial charge in [0.1, 0.15) is 17.5 Å². The number of nitrogens with zero attached hydrogens (tertiary/aromatic N) is 3. The summed E-state index contributed by atoms with van der Waals surface area (Å²) in [4.78, 5) is 35.3. The first-order valence-corrected chi connectivity index (χ1v) is 16.8. The molecule has 5 aromatic rings. The van der Waals surface area contributed by atoms with Crippen LogP contribution in [-0.4, -0.2) is 73.0 Å². The minimum atomic E-state index is -0.718. The van der Waals surface area contributed by atoms with Gasteiger partial charge < -0.3 is 19.3 Å². The van der Waals surface area contributed by atoms with Gasteiger partial charge in [-0.2, -0.15) is 0 Å². The molecule has 1 atom stereocenters. The maximum atomic E-state index is 14.8. The lowest BCUT2D eigenvalue weighted by atomic mass is 9.96. The first-order valence-electron chi connectivity index (χ1n) is 16.8. The fraction of sp³-hybridized carbons (Fsp3) is 0.238. The molecule has 1 heterocycles. The van der Waals surface area contributed by atoms with Gasteiger partial charge in [0.2, 0.25) is 5.91 Å². The summed E-state index contributed by atoms with van der Waals surface area (Å²) in [5, 5.41) is 0. The molecule has 7 heteroatoms. The molecular weight excluding hydrogens is 610 g/mol. The zero-order valence-corrected chi connectivity index (χ0v) is 28.2. The molecule has 0 saturated carbocycles. The number of hydrogen-bond donors (Lipinski definition) is 0. The number of hydrogen-bond acceptors (Lipinski definition) is 5. The SMILES string of the molecule is COc1ccc(CN(C(=O)c2ccc(OC)cc2)C(Cc2ccccc2)C(=O)N2CCN(C(c3ccccc3)c3ccccc3)CC2)cc1. The molecule has 7 nitrogen and oxygen atoms in total. The quantitative estimate of drug-likeness (QED) is 0.147. The first kappa shape index (κ1) is 33.5. The lowest BCUT2D eigenvalue weighted by Gasteiger charge is -2.42. The van der Waals surface area contributed by atoms with Crippen LogP contribution in [-0.2, 0) is 17.8 Å². The van der Waals surface area contributed by atoms with Crippen molar-refractivity contribution in [3.8, 4) is 11.5 Å². The molecule has 5 aromatic carbocycles. The van der Waals surface area contributed by atoms with Crippen LogP contribution in [0.2, 0.25) is 0 Å². The van der Waals surface area contributed by atoms with Crippen LogP contribution in [0.25, 0.3) is 0 Å². The number of amides is 2. The summed E-state index contributed by atoms with van der Waals surface area (Å²) in [5.74, 6) is 1.14. The van der Waals surface area contributed by atoms with Gasteiger partial charge in [0.05, 0.1) is 20.3 Å². The summed E-state index contributed by atoms with van der Waals surface area (Å²) >= 11 is 0. The first-order chi connectivity index (χ1) is 24.0. The number of piperazine rings is 1. The summed E-state index contributed by atoms with van der Waals surface area (Å²) in [6.45, 7) is 2.81. The predicted octanol–water partition coefficient (Wildman–Crippen LogP) is 6.89. The molecule has 0 bridgehead atoms. The Hall–Kier alpha value is -5.40. The van der Waals surface area contributed by atoms with Crippen molar-refractivity contribution in [2.75, 3.05) is 40.4 Å². The van der Waals surface area contributed by atoms with Crippen molar-refractivity contribution in [3.63, 3.8) is 0 Å². The summed E-state index contributed by atoms with van der Waals surface area (Å²) in [6.07, 6.45) is 0.397. The van der Waals surface area contributed by atoms with Crippen LogP contribution in [0.15, 0.2) is 140 Å². The second kappa shape index (κ2) is 16.1. The van der Waals surface area contributed by atoms with E-state index in [9.17, 15) is 9.59 Å². The van der Waals surface area contributed by atoms with Gasteiger partial charge in [0.15, 0.2) is 0 Å². The van der Waals surface area contributed by atoms with Gasteiger partial charge in [-0.25, -0.2) is 0 Å². The third-order valence-electron chi connectivity index (χ3n) is 9.26. The molecule has 49 heavy (non-hydrogen) atoms. The van der Waals surface area contributed by atoms with E-state index in [4.69, 9.17) is 9.47 Å². The van der Waals surface area contributed by atoms with Crippen LogP contribution in [0.1, 0.15) is 38.7 Å². The highest BCUT2D eigenvalue weighted by Crippen LogP contribution is 2.30. The van der Waals surface area contributed by atoms with Crippen LogP contribution in [0.3, 0.4) is 0 Å². The molecule has 1 aliphatic heterocycles. The Bertz CT molecular complexity index is 1730. The van der Waals surface area contributed by atoms with Gasteiger partial charge in [0.25, 0.3) is 5.91 Å². The number of carbonyl (C=O) groups excluding carboxylic acids is 2. The van der Waals surface area contributed by atoms with Gasteiger partial charge in [0, 0.05) is 44.7 Å². The summed E-state index contributed by atoms with van der Waals surface area (Å²) in [6, 6.07) is 45.2. The van der Waals surface area contributed by atoms with E-state index in [2.05, 4.69) is 53.4 Å². The molecule has 0 aliphatic carbocycles. The monoisotopic (exact) mass is 653 g/mol. The van der Waals surface area contributed by atoms with Crippen molar-refractivity contribution in [2.24, 2.45) is 0 Å². The molecule has 0 N–H and O–H groups in total. The molecule has 1 fully saturated rings. The average Bonchev–Trinajstić information content (AvgIpc) is 3.17. The lowest BCUT2D eigenvalue weighted by Crippen LogP contribution is -2.57. The van der Waals surface area contributed by atoms with Crippen LogP contribution in [0.5, 0.6) is 11.5 Å². The number of benzene rings is 5. The fourth-order valence-corrected chi connectivity index (χ4v) is 6.61. The Labute approximate surface area is 289 Å². The van der Waals surface area contributed by atoms with Crippen LogP contribution < -0.4 is 9.47 Å². The van der Waals surface area contributed by atoms with E-state index in [-0.39, 0.29) is 24.4 Å². The molecule has 0 spiro atoms. The molecule has 0 aromatic heterocycles. The Morgan fingerprint density at radius 1 is 0.612 bits per heavy atom. The second-order valence-electron chi connectivity index (χ2n) is 12.3. The van der Waals surface area contributed by atoms with Gasteiger partial charge in [-0.05, 0) is 58.7 Å². The molecule has 6 rings (SSSR count). The van der Waals surface area contributed by atoms with Crippen LogP contribution in [0.4, 0.5) is 0 Å². The summed E-state index contributed by atoms with van der Waals surface area (Å²) in [5.41, 5.74) is 4.86. The van der Waals surface area contributed by atoms with Crippen molar-refractivity contribution in [2.45, 2.75) is 25.0 Å². The smallest absolute Gasteiger partial charge is 0.254 e. The minimum absolute atomic E-state index is 0.0464. The highest BCUT2D eigenvalue weighted by atomic mass is 16.5. The van der Waals surface area contributed by atoms with Crippen molar-refractivity contribution in [3.05, 3.63) is 167 Å². The molecule has 250 valence electrons. The van der Waals surface area contributed by atoms with Crippen molar-refractivity contribution >= 4 is 11.8 Å². The lowest BCUT2D eigenvalue weighted by molar-refractivity contribution is -0.138. The standard InChI is InChI=1S/C42H43N3O4/c1-48-37-22-18-33(19-23-37)31-45(41(46)36-20-24-38(49-2)25-21-36)39(30-32-12-6-3-7-13-32)42(47)44-28-26-43(27-29-44)40(34-14-8-4-9-15-34)35-16-10-5-11-17-35/h3-25,39-40H,26-31H2,1-2H3. The normalized spacial score (nSPS) is 13.9. The maximum absolute atomic E-state index is 14.8. The van der Waals surface area contributed by atoms with E-state index in [1.54, 1.807) is 43.4 Å². The van der Waals surface area contributed by atoms with Crippen LogP contribution in [0, 0.1) is 0 Å². The van der Waals surface area contributed by atoms with Gasteiger partial charge in [-0.15, -0.1) is 0 Å². The van der Waals surface area contributed by atoms with E-state index in [1.165, 1.54) is 11.1 Å². The van der Waals surface area contributed by atoms with Gasteiger partial charge in [-0.1, -0.05) is 103 Å². The van der Waals surface area contributed by atoms with E-state index < -0.39 is 6.04 Å². The maximum Gasteiger partial charge on any atom is 0.254 e. The molecule has 1 saturated heterocycles. The highest BCUT2D eigenvalue weighted by molar-refractivity contribution is 5.97. The minimum Gasteiger partial charge on any atom is -0.497 e. The van der Waals surface area contributed by atoms with E-state index >= 15 is 0 Å². The molecule has 1 aliphatic rings. The van der Waals surface area contributed by atoms with Crippen LogP contribution >= 0.6 is 0 Å². The van der Waals surface area contributed by atoms with Crippen molar-refractivity contribution in [1.82, 2.24) is 14.7 Å². The largest absolute Gasteiger partial charge is 0.497 e. The predicted molar refractivity (Wildman–Crippen MR) is 193 cm³/mol. The molecular formula is C42H43N3O4. The number of carbonyl (C=O) groups is 2. The Kier molecular flexibility index (Phi) is 11.0. The fourth-order valence-electron chi connectivity index (χ4n) is 6.61.